The van der Waals surface area contributed by atoms with Crippen molar-refractivity contribution < 1.29 is 4.79 Å². The number of nitrogens with one attached hydrogen (secondary N) is 2. The van der Waals surface area contributed by atoms with Gasteiger partial charge in [0.05, 0.1) is 11.0 Å². The summed E-state index contributed by atoms with van der Waals surface area (Å²) in [6.07, 6.45) is 1.78. The molecule has 4 aromatic rings. The van der Waals surface area contributed by atoms with E-state index in [9.17, 15) is 4.79 Å². The van der Waals surface area contributed by atoms with Crippen LogP contribution in [0, 0.1) is 0 Å². The van der Waals surface area contributed by atoms with Crippen LogP contribution in [0.4, 0.5) is 5.69 Å². The number of hydrogen-bond donors (Lipinski definition) is 2. The van der Waals surface area contributed by atoms with E-state index in [1.165, 1.54) is 5.69 Å². The zero-order valence-electron chi connectivity index (χ0n) is 16.8. The molecule has 3 heterocycles. The molecule has 0 bridgehead atoms. The van der Waals surface area contributed by atoms with Crippen molar-refractivity contribution in [1.82, 2.24) is 20.2 Å². The Morgan fingerprint density at radius 1 is 0.967 bits per heavy atom. The Morgan fingerprint density at radius 3 is 2.60 bits per heavy atom. The zero-order chi connectivity index (χ0) is 20.3. The van der Waals surface area contributed by atoms with Crippen LogP contribution in [0.1, 0.15) is 10.5 Å². The second-order valence-corrected chi connectivity index (χ2v) is 7.71. The van der Waals surface area contributed by atoms with Crippen LogP contribution in [0.15, 0.2) is 66.9 Å². The van der Waals surface area contributed by atoms with Gasteiger partial charge in [-0.25, -0.2) is 0 Å². The van der Waals surface area contributed by atoms with Crippen molar-refractivity contribution in [1.29, 1.82) is 0 Å². The molecule has 1 aliphatic rings. The van der Waals surface area contributed by atoms with E-state index in [2.05, 4.69) is 55.4 Å². The fourth-order valence-corrected chi connectivity index (χ4v) is 4.15. The maximum absolute atomic E-state index is 12.6. The highest BCUT2D eigenvalue weighted by atomic mass is 16.1. The Hall–Kier alpha value is -3.38. The predicted molar refractivity (Wildman–Crippen MR) is 121 cm³/mol. The van der Waals surface area contributed by atoms with Gasteiger partial charge >= 0.3 is 0 Å². The van der Waals surface area contributed by atoms with Gasteiger partial charge < -0.3 is 15.2 Å². The first-order chi connectivity index (χ1) is 14.8. The van der Waals surface area contributed by atoms with Gasteiger partial charge in [-0.1, -0.05) is 36.4 Å². The van der Waals surface area contributed by atoms with Crippen LogP contribution >= 0.6 is 0 Å². The lowest BCUT2D eigenvalue weighted by Gasteiger charge is -2.36. The van der Waals surface area contributed by atoms with E-state index in [0.717, 1.165) is 54.5 Å². The number of pyridine rings is 1. The molecule has 6 nitrogen and oxygen atoms in total. The number of rotatable bonds is 5. The molecule has 152 valence electrons. The van der Waals surface area contributed by atoms with Crippen LogP contribution in [0.2, 0.25) is 0 Å². The Morgan fingerprint density at radius 2 is 1.77 bits per heavy atom. The second-order valence-electron chi connectivity index (χ2n) is 7.71. The summed E-state index contributed by atoms with van der Waals surface area (Å²) in [5.41, 5.74) is 3.67. The van der Waals surface area contributed by atoms with E-state index in [4.69, 9.17) is 0 Å². The fraction of sp³-hybridized carbons (Fsp3) is 0.250. The second kappa shape index (κ2) is 8.16. The number of aromatic nitrogens is 2. The molecule has 1 fully saturated rings. The number of fused-ring (bicyclic) bond motifs is 3. The van der Waals surface area contributed by atoms with Crippen molar-refractivity contribution in [3.8, 4) is 0 Å². The number of amides is 1. The Balaban J connectivity index is 1.16. The van der Waals surface area contributed by atoms with Crippen molar-refractivity contribution >= 4 is 33.4 Å². The average molecular weight is 399 g/mol. The average Bonchev–Trinajstić information content (AvgIpc) is 3.25. The molecule has 0 unspecified atom stereocenters. The van der Waals surface area contributed by atoms with Gasteiger partial charge in [0.2, 0.25) is 0 Å². The summed E-state index contributed by atoms with van der Waals surface area (Å²) in [7, 11) is 0. The van der Waals surface area contributed by atoms with E-state index in [-0.39, 0.29) is 5.91 Å². The lowest BCUT2D eigenvalue weighted by atomic mass is 10.1. The van der Waals surface area contributed by atoms with E-state index in [0.29, 0.717) is 12.2 Å². The number of benzene rings is 2. The van der Waals surface area contributed by atoms with Crippen molar-refractivity contribution in [2.45, 2.75) is 0 Å². The summed E-state index contributed by atoms with van der Waals surface area (Å²) >= 11 is 0. The molecule has 0 radical (unpaired) electrons. The molecule has 0 saturated carbocycles. The molecule has 1 amide bonds. The first-order valence-electron chi connectivity index (χ1n) is 10.4. The molecule has 6 heteroatoms. The predicted octanol–water partition coefficient (Wildman–Crippen LogP) is 3.27. The third kappa shape index (κ3) is 3.74. The maximum atomic E-state index is 12.6. The normalized spacial score (nSPS) is 15.0. The minimum absolute atomic E-state index is 0.0711. The lowest BCUT2D eigenvalue weighted by molar-refractivity contribution is 0.0943. The highest BCUT2D eigenvalue weighted by molar-refractivity contribution is 6.07. The van der Waals surface area contributed by atoms with E-state index < -0.39 is 0 Å². The van der Waals surface area contributed by atoms with Gasteiger partial charge in [-0.05, 0) is 24.3 Å². The molecule has 2 aromatic heterocycles. The summed E-state index contributed by atoms with van der Waals surface area (Å²) in [5, 5.41) is 5.12. The molecule has 2 aromatic carbocycles. The summed E-state index contributed by atoms with van der Waals surface area (Å²) in [6.45, 7) is 5.54. The third-order valence-electron chi connectivity index (χ3n) is 5.82. The number of H-pyrrole nitrogens is 1. The van der Waals surface area contributed by atoms with Gasteiger partial charge in [0, 0.05) is 61.9 Å². The molecular weight excluding hydrogens is 374 g/mol. The van der Waals surface area contributed by atoms with Gasteiger partial charge in [-0.15, -0.1) is 0 Å². The number of para-hydroxylation sites is 1. The summed E-state index contributed by atoms with van der Waals surface area (Å²) < 4.78 is 0. The van der Waals surface area contributed by atoms with Crippen LogP contribution < -0.4 is 10.2 Å². The van der Waals surface area contributed by atoms with Gasteiger partial charge in [0.25, 0.3) is 5.91 Å². The van der Waals surface area contributed by atoms with Crippen LogP contribution in [-0.4, -0.2) is 60.0 Å². The van der Waals surface area contributed by atoms with Gasteiger partial charge in [-0.2, -0.15) is 0 Å². The molecule has 0 spiro atoms. The monoisotopic (exact) mass is 399 g/mol. The molecule has 0 atom stereocenters. The Bertz CT molecular complexity index is 1160. The number of piperazine rings is 1. The molecular formula is C24H25N5O. The highest BCUT2D eigenvalue weighted by Gasteiger charge is 2.17. The number of hydrogen-bond acceptors (Lipinski definition) is 4. The van der Waals surface area contributed by atoms with Crippen LogP contribution in [0.25, 0.3) is 21.8 Å². The number of carbonyl (C=O) groups is 1. The van der Waals surface area contributed by atoms with E-state index in [1.807, 2.05) is 30.3 Å². The molecule has 0 aliphatic carbocycles. The minimum atomic E-state index is -0.0711. The van der Waals surface area contributed by atoms with Gasteiger partial charge in [0.1, 0.15) is 5.69 Å². The van der Waals surface area contributed by atoms with E-state index >= 15 is 0 Å². The minimum Gasteiger partial charge on any atom is -0.369 e. The Kier molecular flexibility index (Phi) is 5.07. The molecule has 30 heavy (non-hydrogen) atoms. The summed E-state index contributed by atoms with van der Waals surface area (Å²) in [5.74, 6) is -0.0711. The standard InChI is InChI=1S/C24H25N5O/c30-24(21-17-19-9-8-18-5-4-10-25-22(18)23(19)27-21)26-11-12-28-13-15-29(16-14-28)20-6-2-1-3-7-20/h1-10,17,27H,11-16H2,(H,26,30). The number of nitrogens with zero attached hydrogens (tertiary/aromatic N) is 3. The number of carbonyl (C=O) groups excluding carboxylic acids is 1. The quantitative estimate of drug-likeness (QED) is 0.541. The topological polar surface area (TPSA) is 64.3 Å². The van der Waals surface area contributed by atoms with Crippen molar-refractivity contribution in [3.05, 3.63) is 72.6 Å². The molecule has 2 N–H and O–H groups in total. The van der Waals surface area contributed by atoms with Gasteiger partial charge in [0.15, 0.2) is 0 Å². The fourth-order valence-electron chi connectivity index (χ4n) is 4.15. The van der Waals surface area contributed by atoms with Crippen LogP contribution in [0.5, 0.6) is 0 Å². The van der Waals surface area contributed by atoms with Crippen molar-refractivity contribution in [2.75, 3.05) is 44.2 Å². The van der Waals surface area contributed by atoms with E-state index in [1.54, 1.807) is 6.20 Å². The van der Waals surface area contributed by atoms with Gasteiger partial charge in [-0.3, -0.25) is 14.7 Å². The number of anilines is 1. The lowest BCUT2D eigenvalue weighted by Crippen LogP contribution is -2.48. The van der Waals surface area contributed by atoms with Crippen LogP contribution in [-0.2, 0) is 0 Å². The maximum Gasteiger partial charge on any atom is 0.267 e. The van der Waals surface area contributed by atoms with Crippen molar-refractivity contribution in [3.63, 3.8) is 0 Å². The van der Waals surface area contributed by atoms with Crippen molar-refractivity contribution in [2.24, 2.45) is 0 Å². The SMILES string of the molecule is O=C(NCCN1CCN(c2ccccc2)CC1)c1cc2ccc3cccnc3c2[nH]1. The first-order valence-corrected chi connectivity index (χ1v) is 10.4. The Labute approximate surface area is 175 Å². The molecule has 5 rings (SSSR count). The smallest absolute Gasteiger partial charge is 0.267 e. The highest BCUT2D eigenvalue weighted by Crippen LogP contribution is 2.23. The number of aromatic amines is 1. The largest absolute Gasteiger partial charge is 0.369 e. The zero-order valence-corrected chi connectivity index (χ0v) is 16.8. The summed E-state index contributed by atoms with van der Waals surface area (Å²) in [6, 6.07) is 20.5. The summed E-state index contributed by atoms with van der Waals surface area (Å²) in [4.78, 5) is 25.2. The third-order valence-corrected chi connectivity index (χ3v) is 5.82. The van der Waals surface area contributed by atoms with Crippen LogP contribution in [0.3, 0.4) is 0 Å². The molecule has 1 aliphatic heterocycles. The molecule has 1 saturated heterocycles. The first kappa shape index (κ1) is 18.6.